The molecule has 1 aromatic carbocycles. The molecule has 2 N–H and O–H groups in total. The normalized spacial score (nSPS) is 10.2. The molecule has 0 atom stereocenters. The van der Waals surface area contributed by atoms with Crippen LogP contribution in [0.1, 0.15) is 9.67 Å². The average Bonchev–Trinajstić information content (AvgIpc) is 2.70. The number of anilines is 1. The van der Waals surface area contributed by atoms with Gasteiger partial charge < -0.3 is 10.4 Å². The third kappa shape index (κ3) is 2.72. The van der Waals surface area contributed by atoms with Gasteiger partial charge in [0.15, 0.2) is 0 Å². The van der Waals surface area contributed by atoms with Crippen LogP contribution in [0.25, 0.3) is 0 Å². The van der Waals surface area contributed by atoms with Crippen molar-refractivity contribution in [3.8, 4) is 5.75 Å². The Balaban J connectivity index is 2.19. The van der Waals surface area contributed by atoms with E-state index in [1.807, 2.05) is 0 Å². The lowest BCUT2D eigenvalue weighted by atomic mass is 10.3. The second-order valence-corrected chi connectivity index (χ2v) is 4.95. The Bertz CT molecular complexity index is 568. The highest BCUT2D eigenvalue weighted by atomic mass is 35.5. The molecule has 0 fully saturated rings. The van der Waals surface area contributed by atoms with Crippen LogP contribution in [-0.4, -0.2) is 11.0 Å². The van der Waals surface area contributed by atoms with Gasteiger partial charge >= 0.3 is 0 Å². The van der Waals surface area contributed by atoms with E-state index in [1.54, 1.807) is 17.5 Å². The molecule has 1 heterocycles. The fourth-order valence-corrected chi connectivity index (χ4v) is 2.44. The van der Waals surface area contributed by atoms with Gasteiger partial charge in [-0.3, -0.25) is 4.79 Å². The van der Waals surface area contributed by atoms with Crippen molar-refractivity contribution in [2.75, 3.05) is 5.32 Å². The summed E-state index contributed by atoms with van der Waals surface area (Å²) in [6.07, 6.45) is 0. The molecule has 0 unspecified atom stereocenters. The van der Waals surface area contributed by atoms with Gasteiger partial charge in [0.25, 0.3) is 5.91 Å². The number of phenolic OH excluding ortho intramolecular Hbond substituents is 1. The number of phenols is 1. The Morgan fingerprint density at radius 2 is 2.00 bits per heavy atom. The van der Waals surface area contributed by atoms with Gasteiger partial charge in [-0.05, 0) is 29.6 Å². The summed E-state index contributed by atoms with van der Waals surface area (Å²) in [5.74, 6) is -0.328. The minimum atomic E-state index is -0.299. The third-order valence-electron chi connectivity index (χ3n) is 2.03. The number of hydrogen-bond acceptors (Lipinski definition) is 3. The molecular formula is C11H7Cl2NO2S. The molecule has 17 heavy (non-hydrogen) atoms. The molecule has 3 nitrogen and oxygen atoms in total. The Morgan fingerprint density at radius 3 is 2.59 bits per heavy atom. The summed E-state index contributed by atoms with van der Waals surface area (Å²) in [4.78, 5) is 12.2. The molecule has 6 heteroatoms. The summed E-state index contributed by atoms with van der Waals surface area (Å²) < 4.78 is 0. The highest BCUT2D eigenvalue weighted by Gasteiger charge is 2.12. The van der Waals surface area contributed by atoms with Crippen LogP contribution in [0.15, 0.2) is 29.6 Å². The molecular weight excluding hydrogens is 281 g/mol. The van der Waals surface area contributed by atoms with Crippen LogP contribution in [0.2, 0.25) is 10.0 Å². The Labute approximate surface area is 112 Å². The van der Waals surface area contributed by atoms with Crippen LogP contribution in [-0.2, 0) is 0 Å². The molecule has 0 aliphatic rings. The number of benzene rings is 1. The zero-order chi connectivity index (χ0) is 12.4. The van der Waals surface area contributed by atoms with E-state index >= 15 is 0 Å². The van der Waals surface area contributed by atoms with E-state index in [2.05, 4.69) is 5.32 Å². The van der Waals surface area contributed by atoms with Crippen molar-refractivity contribution in [1.29, 1.82) is 0 Å². The monoisotopic (exact) mass is 287 g/mol. The largest absolute Gasteiger partial charge is 0.506 e. The van der Waals surface area contributed by atoms with E-state index < -0.39 is 0 Å². The summed E-state index contributed by atoms with van der Waals surface area (Å²) in [7, 11) is 0. The van der Waals surface area contributed by atoms with Gasteiger partial charge in [-0.25, -0.2) is 0 Å². The maximum absolute atomic E-state index is 11.8. The van der Waals surface area contributed by atoms with Gasteiger partial charge in [0.2, 0.25) is 0 Å². The predicted octanol–water partition coefficient (Wildman–Crippen LogP) is 4.01. The highest BCUT2D eigenvalue weighted by Crippen LogP contribution is 2.27. The molecule has 0 spiro atoms. The van der Waals surface area contributed by atoms with Crippen LogP contribution < -0.4 is 5.32 Å². The van der Waals surface area contributed by atoms with Crippen LogP contribution >= 0.6 is 34.5 Å². The zero-order valence-corrected chi connectivity index (χ0v) is 10.7. The topological polar surface area (TPSA) is 49.3 Å². The molecule has 1 amide bonds. The number of thiophene rings is 1. The van der Waals surface area contributed by atoms with Crippen molar-refractivity contribution in [2.45, 2.75) is 0 Å². The lowest BCUT2D eigenvalue weighted by molar-refractivity contribution is 0.103. The van der Waals surface area contributed by atoms with Crippen molar-refractivity contribution < 1.29 is 9.90 Å². The Kier molecular flexibility index (Phi) is 3.57. The second-order valence-electron chi connectivity index (χ2n) is 3.22. The number of aromatic hydroxyl groups is 1. The first-order valence-electron chi connectivity index (χ1n) is 4.61. The molecule has 0 bridgehead atoms. The third-order valence-corrected chi connectivity index (χ3v) is 3.67. The van der Waals surface area contributed by atoms with E-state index in [0.29, 0.717) is 15.6 Å². The second kappa shape index (κ2) is 4.96. The molecule has 0 aliphatic heterocycles. The molecule has 0 saturated heterocycles. The SMILES string of the molecule is O=C(Nc1ccc(O)c(Cl)c1)c1sccc1Cl. The molecule has 1 aromatic heterocycles. The molecule has 0 radical (unpaired) electrons. The summed E-state index contributed by atoms with van der Waals surface area (Å²) in [6.45, 7) is 0. The van der Waals surface area contributed by atoms with Crippen molar-refractivity contribution in [1.82, 2.24) is 0 Å². The maximum Gasteiger partial charge on any atom is 0.267 e. The van der Waals surface area contributed by atoms with E-state index in [1.165, 1.54) is 23.5 Å². The lowest BCUT2D eigenvalue weighted by Gasteiger charge is -2.05. The first-order chi connectivity index (χ1) is 8.08. The van der Waals surface area contributed by atoms with Crippen molar-refractivity contribution >= 4 is 46.1 Å². The highest BCUT2D eigenvalue weighted by molar-refractivity contribution is 7.12. The van der Waals surface area contributed by atoms with Gasteiger partial charge in [-0.15, -0.1) is 11.3 Å². The zero-order valence-electron chi connectivity index (χ0n) is 8.41. The number of nitrogens with one attached hydrogen (secondary N) is 1. The van der Waals surface area contributed by atoms with E-state index in [0.717, 1.165) is 0 Å². The van der Waals surface area contributed by atoms with Gasteiger partial charge in [0, 0.05) is 5.69 Å². The maximum atomic E-state index is 11.8. The van der Waals surface area contributed by atoms with E-state index in [-0.39, 0.29) is 16.7 Å². The number of carbonyl (C=O) groups is 1. The Morgan fingerprint density at radius 1 is 1.24 bits per heavy atom. The number of rotatable bonds is 2. The van der Waals surface area contributed by atoms with Crippen LogP contribution in [0.3, 0.4) is 0 Å². The number of halogens is 2. The number of amides is 1. The fraction of sp³-hybridized carbons (Fsp3) is 0. The smallest absolute Gasteiger partial charge is 0.267 e. The van der Waals surface area contributed by atoms with Gasteiger partial charge in [-0.2, -0.15) is 0 Å². The summed E-state index contributed by atoms with van der Waals surface area (Å²) in [5, 5.41) is 14.2. The summed E-state index contributed by atoms with van der Waals surface area (Å²) >= 11 is 12.8. The molecule has 0 saturated carbocycles. The van der Waals surface area contributed by atoms with Gasteiger partial charge in [0.1, 0.15) is 10.6 Å². The van der Waals surface area contributed by atoms with Crippen LogP contribution in [0.5, 0.6) is 5.75 Å². The molecule has 2 aromatic rings. The molecule has 88 valence electrons. The lowest BCUT2D eigenvalue weighted by Crippen LogP contribution is -2.10. The quantitative estimate of drug-likeness (QED) is 0.820. The van der Waals surface area contributed by atoms with Gasteiger partial charge in [-0.1, -0.05) is 23.2 Å². The standard InChI is InChI=1S/C11H7Cl2NO2S/c12-7-3-4-17-10(7)11(16)14-6-1-2-9(15)8(13)5-6/h1-5,15H,(H,14,16). The average molecular weight is 288 g/mol. The molecule has 0 aliphatic carbocycles. The Hall–Kier alpha value is -1.23. The van der Waals surface area contributed by atoms with E-state index in [4.69, 9.17) is 23.2 Å². The predicted molar refractivity (Wildman–Crippen MR) is 70.4 cm³/mol. The van der Waals surface area contributed by atoms with E-state index in [9.17, 15) is 9.90 Å². The first kappa shape index (κ1) is 12.2. The van der Waals surface area contributed by atoms with Crippen molar-refractivity contribution in [3.63, 3.8) is 0 Å². The summed E-state index contributed by atoms with van der Waals surface area (Å²) in [5.41, 5.74) is 0.502. The molecule has 2 rings (SSSR count). The minimum Gasteiger partial charge on any atom is -0.506 e. The fourth-order valence-electron chi connectivity index (χ4n) is 1.23. The number of carbonyl (C=O) groups excluding carboxylic acids is 1. The summed E-state index contributed by atoms with van der Waals surface area (Å²) in [6, 6.07) is 6.09. The van der Waals surface area contributed by atoms with Gasteiger partial charge in [0.05, 0.1) is 10.0 Å². The van der Waals surface area contributed by atoms with Crippen molar-refractivity contribution in [2.24, 2.45) is 0 Å². The van der Waals surface area contributed by atoms with Crippen molar-refractivity contribution in [3.05, 3.63) is 44.6 Å². The van der Waals surface area contributed by atoms with Crippen LogP contribution in [0, 0.1) is 0 Å². The minimum absolute atomic E-state index is 0.0289. The first-order valence-corrected chi connectivity index (χ1v) is 6.24. The number of hydrogen-bond donors (Lipinski definition) is 2. The van der Waals surface area contributed by atoms with Crippen LogP contribution in [0.4, 0.5) is 5.69 Å².